The highest BCUT2D eigenvalue weighted by Gasteiger charge is 2.32. The van der Waals surface area contributed by atoms with Crippen molar-refractivity contribution < 1.29 is 14.4 Å². The van der Waals surface area contributed by atoms with E-state index in [2.05, 4.69) is 0 Å². The van der Waals surface area contributed by atoms with Crippen LogP contribution in [0.15, 0.2) is 0 Å². The minimum Gasteiger partial charge on any atom is -0.328 e. The fourth-order valence-corrected chi connectivity index (χ4v) is 2.57. The Balaban J connectivity index is 2.53. The lowest BCUT2D eigenvalue weighted by Crippen LogP contribution is -2.30. The molecule has 0 bridgehead atoms. The zero-order valence-corrected chi connectivity index (χ0v) is 7.20. The fourth-order valence-electron chi connectivity index (χ4n) is 1.51. The molecule has 1 saturated carbocycles. The Labute approximate surface area is 65.9 Å². The summed E-state index contributed by atoms with van der Waals surface area (Å²) in [4.78, 5) is 17.6. The van der Waals surface area contributed by atoms with Crippen molar-refractivity contribution in [1.29, 1.82) is 0 Å². The summed E-state index contributed by atoms with van der Waals surface area (Å²) in [5.41, 5.74) is 5.10. The Kier molecular flexibility index (Phi) is 2.70. The van der Waals surface area contributed by atoms with Gasteiger partial charge in [-0.1, -0.05) is 6.42 Å². The molecule has 0 aromatic carbocycles. The molecule has 4 nitrogen and oxygen atoms in total. The van der Waals surface area contributed by atoms with E-state index in [1.54, 1.807) is 0 Å². The van der Waals surface area contributed by atoms with Gasteiger partial charge in [-0.25, -0.2) is 0 Å². The zero-order chi connectivity index (χ0) is 8.48. The molecule has 1 rings (SSSR count). The molecule has 0 aliphatic heterocycles. The van der Waals surface area contributed by atoms with Crippen LogP contribution in [0.2, 0.25) is 0 Å². The van der Waals surface area contributed by atoms with Gasteiger partial charge in [0.2, 0.25) is 0 Å². The van der Waals surface area contributed by atoms with Crippen LogP contribution >= 0.6 is 7.60 Å². The standard InChI is InChI=1S/C6H14NO3P/c7-5-2-1-3-6(4-5)11(8,9)10/h5-6H,1-4,7H2,(H2,8,9,10)/t5-,6+/m1/s1. The van der Waals surface area contributed by atoms with Crippen LogP contribution in [0.25, 0.3) is 0 Å². The van der Waals surface area contributed by atoms with E-state index in [1.165, 1.54) is 0 Å². The third kappa shape index (κ3) is 2.56. The molecular formula is C6H14NO3P. The van der Waals surface area contributed by atoms with Crippen molar-refractivity contribution >= 4 is 7.60 Å². The second-order valence-corrected chi connectivity index (χ2v) is 5.08. The van der Waals surface area contributed by atoms with Gasteiger partial charge in [0.1, 0.15) is 0 Å². The van der Waals surface area contributed by atoms with E-state index in [9.17, 15) is 4.57 Å². The van der Waals surface area contributed by atoms with E-state index >= 15 is 0 Å². The van der Waals surface area contributed by atoms with Crippen molar-refractivity contribution in [2.24, 2.45) is 5.73 Å². The van der Waals surface area contributed by atoms with Gasteiger partial charge in [0.15, 0.2) is 0 Å². The zero-order valence-electron chi connectivity index (χ0n) is 6.31. The van der Waals surface area contributed by atoms with Crippen LogP contribution in [0.1, 0.15) is 25.7 Å². The maximum atomic E-state index is 10.8. The summed E-state index contributed by atoms with van der Waals surface area (Å²) in [6, 6.07) is -0.0126. The number of nitrogens with two attached hydrogens (primary N) is 1. The fraction of sp³-hybridized carbons (Fsp3) is 1.00. The molecule has 0 amide bonds. The van der Waals surface area contributed by atoms with Gasteiger partial charge in [-0.3, -0.25) is 4.57 Å². The lowest BCUT2D eigenvalue weighted by atomic mass is 9.96. The van der Waals surface area contributed by atoms with E-state index < -0.39 is 13.3 Å². The molecule has 0 spiro atoms. The van der Waals surface area contributed by atoms with Gasteiger partial charge in [0, 0.05) is 6.04 Å². The molecule has 11 heavy (non-hydrogen) atoms. The minimum atomic E-state index is -3.86. The van der Waals surface area contributed by atoms with Crippen LogP contribution in [-0.2, 0) is 4.57 Å². The largest absolute Gasteiger partial charge is 0.328 e. The van der Waals surface area contributed by atoms with Crippen molar-refractivity contribution in [2.45, 2.75) is 37.4 Å². The summed E-state index contributed by atoms with van der Waals surface area (Å²) >= 11 is 0. The molecule has 0 aromatic rings. The molecule has 0 radical (unpaired) electrons. The normalized spacial score (nSPS) is 33.7. The smallest absolute Gasteiger partial charge is 0.328 e. The van der Waals surface area contributed by atoms with Crippen molar-refractivity contribution in [3.05, 3.63) is 0 Å². The lowest BCUT2D eigenvalue weighted by Gasteiger charge is -2.26. The van der Waals surface area contributed by atoms with E-state index in [-0.39, 0.29) is 6.04 Å². The SMILES string of the molecule is N[C@@H]1CCC[C@H](P(=O)(O)O)C1. The second kappa shape index (κ2) is 3.23. The Morgan fingerprint density at radius 2 is 2.00 bits per heavy atom. The summed E-state index contributed by atoms with van der Waals surface area (Å²) in [5.74, 6) is 0. The van der Waals surface area contributed by atoms with Crippen molar-refractivity contribution in [1.82, 2.24) is 0 Å². The summed E-state index contributed by atoms with van der Waals surface area (Å²) in [6.07, 6.45) is 2.84. The van der Waals surface area contributed by atoms with Crippen molar-refractivity contribution in [2.75, 3.05) is 0 Å². The van der Waals surface area contributed by atoms with Crippen LogP contribution in [0.5, 0.6) is 0 Å². The predicted octanol–water partition coefficient (Wildman–Crippen LogP) is 0.434. The average Bonchev–Trinajstić information content (AvgIpc) is 1.86. The first-order valence-corrected chi connectivity index (χ1v) is 5.49. The summed E-state index contributed by atoms with van der Waals surface area (Å²) in [6.45, 7) is 0. The Morgan fingerprint density at radius 3 is 2.36 bits per heavy atom. The molecule has 5 heteroatoms. The van der Waals surface area contributed by atoms with E-state index in [0.717, 1.165) is 12.8 Å². The Hall–Kier alpha value is 0.110. The monoisotopic (exact) mass is 179 g/mol. The maximum Gasteiger partial charge on any atom is 0.328 e. The Bertz CT molecular complexity index is 179. The molecule has 0 heterocycles. The molecule has 1 aliphatic carbocycles. The van der Waals surface area contributed by atoms with Crippen LogP contribution in [-0.4, -0.2) is 21.5 Å². The number of hydrogen-bond acceptors (Lipinski definition) is 2. The van der Waals surface area contributed by atoms with E-state index in [1.807, 2.05) is 0 Å². The quantitative estimate of drug-likeness (QED) is 0.510. The van der Waals surface area contributed by atoms with Gasteiger partial charge in [0.25, 0.3) is 0 Å². The van der Waals surface area contributed by atoms with Gasteiger partial charge in [-0.15, -0.1) is 0 Å². The van der Waals surface area contributed by atoms with Crippen molar-refractivity contribution in [3.8, 4) is 0 Å². The van der Waals surface area contributed by atoms with Gasteiger partial charge < -0.3 is 15.5 Å². The first-order chi connectivity index (χ1) is 5.00. The topological polar surface area (TPSA) is 83.6 Å². The first kappa shape index (κ1) is 9.20. The van der Waals surface area contributed by atoms with E-state index in [0.29, 0.717) is 12.8 Å². The lowest BCUT2D eigenvalue weighted by molar-refractivity contribution is 0.327. The predicted molar refractivity (Wildman–Crippen MR) is 42.3 cm³/mol. The molecule has 4 N–H and O–H groups in total. The molecule has 2 atom stereocenters. The third-order valence-corrected chi connectivity index (χ3v) is 3.58. The van der Waals surface area contributed by atoms with Crippen LogP contribution in [0.4, 0.5) is 0 Å². The minimum absolute atomic E-state index is 0.0126. The van der Waals surface area contributed by atoms with Crippen molar-refractivity contribution in [3.63, 3.8) is 0 Å². The highest BCUT2D eigenvalue weighted by molar-refractivity contribution is 7.52. The molecule has 66 valence electrons. The molecule has 0 aromatic heterocycles. The van der Waals surface area contributed by atoms with Crippen LogP contribution in [0, 0.1) is 0 Å². The van der Waals surface area contributed by atoms with Crippen LogP contribution in [0.3, 0.4) is 0 Å². The van der Waals surface area contributed by atoms with Gasteiger partial charge >= 0.3 is 7.60 Å². The van der Waals surface area contributed by atoms with Gasteiger partial charge in [-0.2, -0.15) is 0 Å². The molecule has 1 fully saturated rings. The summed E-state index contributed by atoms with van der Waals surface area (Å²) in [5, 5.41) is 0. The Morgan fingerprint density at radius 1 is 1.36 bits per heavy atom. The third-order valence-electron chi connectivity index (χ3n) is 2.16. The number of hydrogen-bond donors (Lipinski definition) is 3. The average molecular weight is 179 g/mol. The molecule has 0 unspecified atom stereocenters. The van der Waals surface area contributed by atoms with E-state index in [4.69, 9.17) is 15.5 Å². The summed E-state index contributed by atoms with van der Waals surface area (Å²) < 4.78 is 10.8. The second-order valence-electron chi connectivity index (χ2n) is 3.17. The first-order valence-electron chi connectivity index (χ1n) is 3.81. The van der Waals surface area contributed by atoms with Gasteiger partial charge in [-0.05, 0) is 19.3 Å². The molecular weight excluding hydrogens is 165 g/mol. The number of rotatable bonds is 1. The van der Waals surface area contributed by atoms with Gasteiger partial charge in [0.05, 0.1) is 5.66 Å². The maximum absolute atomic E-state index is 10.8. The highest BCUT2D eigenvalue weighted by atomic mass is 31.2. The summed E-state index contributed by atoms with van der Waals surface area (Å²) in [7, 11) is -3.86. The highest BCUT2D eigenvalue weighted by Crippen LogP contribution is 2.47. The van der Waals surface area contributed by atoms with Crippen LogP contribution < -0.4 is 5.73 Å². The molecule has 1 aliphatic rings. The molecule has 0 saturated heterocycles.